The molecule has 0 radical (unpaired) electrons. The summed E-state index contributed by atoms with van der Waals surface area (Å²) in [6.45, 7) is 7.72. The maximum atomic E-state index is 13.3. The van der Waals surface area contributed by atoms with Crippen LogP contribution in [0.5, 0.6) is 0 Å². The number of aryl methyl sites for hydroxylation is 2. The second-order valence-electron chi connectivity index (χ2n) is 15.4. The van der Waals surface area contributed by atoms with Crippen molar-refractivity contribution in [3.63, 3.8) is 0 Å². The van der Waals surface area contributed by atoms with Crippen LogP contribution in [-0.2, 0) is 23.1 Å². The Labute approximate surface area is 328 Å². The van der Waals surface area contributed by atoms with Gasteiger partial charge in [0.2, 0.25) is 11.8 Å². The zero-order valence-electron chi connectivity index (χ0n) is 31.8. The molecule has 3 amide bonds. The fourth-order valence-electron chi connectivity index (χ4n) is 8.76. The van der Waals surface area contributed by atoms with Crippen molar-refractivity contribution in [1.82, 2.24) is 29.7 Å². The second-order valence-corrected chi connectivity index (χ2v) is 16.5. The monoisotopic (exact) mass is 770 g/mol. The minimum Gasteiger partial charge on any atom is -0.381 e. The molecule has 6 heterocycles. The Kier molecular flexibility index (Phi) is 9.58. The number of benzene rings is 3. The van der Waals surface area contributed by atoms with Gasteiger partial charge in [0.05, 0.1) is 27.9 Å². The molecule has 2 fully saturated rings. The van der Waals surface area contributed by atoms with E-state index in [4.69, 9.17) is 4.98 Å². The van der Waals surface area contributed by atoms with Gasteiger partial charge in [-0.05, 0) is 87.2 Å². The molecule has 0 saturated carbocycles. The van der Waals surface area contributed by atoms with Gasteiger partial charge < -0.3 is 15.5 Å². The number of amides is 3. The molecule has 6 aromatic rings. The number of aromatic nitrogens is 3. The highest BCUT2D eigenvalue weighted by molar-refractivity contribution is 7.21. The normalized spacial score (nSPS) is 19.2. The summed E-state index contributed by atoms with van der Waals surface area (Å²) in [5.41, 5.74) is 7.57. The van der Waals surface area contributed by atoms with Crippen molar-refractivity contribution in [3.05, 3.63) is 87.7 Å². The van der Waals surface area contributed by atoms with Gasteiger partial charge in [0, 0.05) is 79.0 Å². The molecule has 0 spiro atoms. The number of nitrogens with one attached hydrogen (secondary N) is 3. The number of hydrogen-bond acceptors (Lipinski definition) is 9. The highest BCUT2D eigenvalue weighted by Crippen LogP contribution is 2.41. The number of imide groups is 1. The molecule has 1 unspecified atom stereocenters. The molecule has 3 N–H and O–H groups in total. The number of piperidine rings is 1. The van der Waals surface area contributed by atoms with Gasteiger partial charge in [-0.15, -0.1) is 11.3 Å². The molecule has 3 aromatic carbocycles. The van der Waals surface area contributed by atoms with Crippen LogP contribution in [0.3, 0.4) is 0 Å². The van der Waals surface area contributed by atoms with Gasteiger partial charge in [0.15, 0.2) is 0 Å². The third kappa shape index (κ3) is 6.62. The van der Waals surface area contributed by atoms with E-state index in [1.165, 1.54) is 17.0 Å². The van der Waals surface area contributed by atoms with Crippen LogP contribution < -0.4 is 26.5 Å². The lowest BCUT2D eigenvalue weighted by atomic mass is 10.0. The third-order valence-corrected chi connectivity index (χ3v) is 12.9. The van der Waals surface area contributed by atoms with E-state index in [2.05, 4.69) is 80.3 Å². The summed E-state index contributed by atoms with van der Waals surface area (Å²) < 4.78 is 4.29. The van der Waals surface area contributed by atoms with Crippen LogP contribution in [0.15, 0.2) is 71.5 Å². The van der Waals surface area contributed by atoms with Gasteiger partial charge in [0.1, 0.15) is 10.9 Å². The van der Waals surface area contributed by atoms with Gasteiger partial charge in [-0.1, -0.05) is 30.7 Å². The average molecular weight is 771 g/mol. The van der Waals surface area contributed by atoms with Crippen molar-refractivity contribution >= 4 is 72.5 Å². The summed E-state index contributed by atoms with van der Waals surface area (Å²) in [5.74, 6) is -0.715. The van der Waals surface area contributed by atoms with Crippen LogP contribution in [0.4, 0.5) is 11.4 Å². The summed E-state index contributed by atoms with van der Waals surface area (Å²) >= 11 is 1.53. The highest BCUT2D eigenvalue weighted by Gasteiger charge is 2.32. The molecule has 9 rings (SSSR count). The third-order valence-electron chi connectivity index (χ3n) is 11.7. The predicted molar refractivity (Wildman–Crippen MR) is 223 cm³/mol. The van der Waals surface area contributed by atoms with Crippen LogP contribution in [0.1, 0.15) is 60.3 Å². The van der Waals surface area contributed by atoms with Crippen LogP contribution in [0, 0.1) is 0 Å². The molecular formula is C43H46N8O4S. The van der Waals surface area contributed by atoms with Gasteiger partial charge in [-0.25, -0.2) is 9.78 Å². The molecule has 0 bridgehead atoms. The van der Waals surface area contributed by atoms with Crippen LogP contribution >= 0.6 is 11.3 Å². The lowest BCUT2D eigenvalue weighted by molar-refractivity contribution is -0.135. The molecule has 2 saturated heterocycles. The van der Waals surface area contributed by atoms with E-state index >= 15 is 0 Å². The molecule has 12 nitrogen and oxygen atoms in total. The quantitative estimate of drug-likeness (QED) is 0.124. The van der Waals surface area contributed by atoms with Gasteiger partial charge >= 0.3 is 5.69 Å². The summed E-state index contributed by atoms with van der Waals surface area (Å²) in [4.78, 5) is 61.3. The first-order chi connectivity index (χ1) is 27.2. The van der Waals surface area contributed by atoms with Gasteiger partial charge in [0.25, 0.3) is 5.91 Å². The summed E-state index contributed by atoms with van der Waals surface area (Å²) in [5, 5.41) is 11.1. The standard InChI is InChI=1S/C43H46N8O4S/c1-26-25-44-38-37-30-13-14-31(46-32(30)15-17-35(37)56-40(38)42(54)45-26)28-10-6-11-29(24-28)50-22-20-49(21-23-50)19-5-3-4-8-27-9-7-12-33-39(27)48(2)43(55)51(33)34-16-18-36(52)47-41(34)53/h6-7,9-15,17,24,26,34,44H,3-5,8,16,18-23,25H2,1-2H3,(H,45,54)(H,47,52,53)/t26-,34?/m1/s1. The molecule has 288 valence electrons. The van der Waals surface area contributed by atoms with Gasteiger partial charge in [-0.3, -0.25) is 33.7 Å². The Morgan fingerprint density at radius 1 is 0.911 bits per heavy atom. The first-order valence-electron chi connectivity index (χ1n) is 19.7. The first kappa shape index (κ1) is 36.1. The number of fused-ring (bicyclic) bond motifs is 6. The Morgan fingerprint density at radius 2 is 1.75 bits per heavy atom. The number of thiophene rings is 1. The number of para-hydroxylation sites is 1. The number of pyridine rings is 1. The largest absolute Gasteiger partial charge is 0.381 e. The van der Waals surface area contributed by atoms with Crippen molar-refractivity contribution in [1.29, 1.82) is 0 Å². The number of anilines is 2. The summed E-state index contributed by atoms with van der Waals surface area (Å²) in [7, 11) is 1.77. The zero-order chi connectivity index (χ0) is 38.5. The lowest BCUT2D eigenvalue weighted by Crippen LogP contribution is -2.46. The molecule has 3 aliphatic rings. The predicted octanol–water partition coefficient (Wildman–Crippen LogP) is 5.83. The van der Waals surface area contributed by atoms with Crippen molar-refractivity contribution in [2.45, 2.75) is 57.5 Å². The number of imidazole rings is 1. The molecular weight excluding hydrogens is 725 g/mol. The lowest BCUT2D eigenvalue weighted by Gasteiger charge is -2.36. The molecule has 0 aliphatic carbocycles. The number of hydrogen-bond donors (Lipinski definition) is 3. The molecule has 2 atom stereocenters. The van der Waals surface area contributed by atoms with E-state index in [-0.39, 0.29) is 30.0 Å². The summed E-state index contributed by atoms with van der Waals surface area (Å²) in [6.07, 6.45) is 4.63. The molecule has 3 aliphatic heterocycles. The maximum Gasteiger partial charge on any atom is 0.329 e. The number of piperazine rings is 1. The van der Waals surface area contributed by atoms with E-state index in [9.17, 15) is 19.2 Å². The number of unbranched alkanes of at least 4 members (excludes halogenated alkanes) is 2. The first-order valence-corrected chi connectivity index (χ1v) is 20.6. The zero-order valence-corrected chi connectivity index (χ0v) is 32.6. The Hall–Kier alpha value is -5.53. The summed E-state index contributed by atoms with van der Waals surface area (Å²) in [6, 6.07) is 22.4. The minimum atomic E-state index is -0.672. The van der Waals surface area contributed by atoms with Gasteiger partial charge in [-0.2, -0.15) is 0 Å². The van der Waals surface area contributed by atoms with Crippen molar-refractivity contribution in [2.75, 3.05) is 49.5 Å². The van der Waals surface area contributed by atoms with E-state index in [1.54, 1.807) is 16.2 Å². The van der Waals surface area contributed by atoms with Crippen molar-refractivity contribution in [2.24, 2.45) is 7.05 Å². The number of rotatable bonds is 9. The topological polar surface area (TPSA) is 134 Å². The molecule has 13 heteroatoms. The van der Waals surface area contributed by atoms with E-state index < -0.39 is 11.9 Å². The average Bonchev–Trinajstić information content (AvgIpc) is 3.66. The van der Waals surface area contributed by atoms with E-state index in [1.807, 2.05) is 19.1 Å². The highest BCUT2D eigenvalue weighted by atomic mass is 32.1. The SMILES string of the molecule is C[C@@H]1CNc2c(sc3ccc4nc(-c5cccc(N6CCN(CCCCCc7cccc8c7n(C)c(=O)n8C7CCC(=O)NC7=O)CC6)c5)ccc4c23)C(=O)N1. The Bertz CT molecular complexity index is 2580. The smallest absolute Gasteiger partial charge is 0.329 e. The minimum absolute atomic E-state index is 0.0201. The molecule has 56 heavy (non-hydrogen) atoms. The Morgan fingerprint density at radius 3 is 2.59 bits per heavy atom. The van der Waals surface area contributed by atoms with Crippen LogP contribution in [0.2, 0.25) is 0 Å². The van der Waals surface area contributed by atoms with Crippen LogP contribution in [-0.4, -0.2) is 82.1 Å². The number of carbonyl (C=O) groups is 3. The number of nitrogens with zero attached hydrogens (tertiary/aromatic N) is 5. The van der Waals surface area contributed by atoms with E-state index in [0.717, 1.165) is 118 Å². The maximum absolute atomic E-state index is 13.3. The Balaban J connectivity index is 0.800. The van der Waals surface area contributed by atoms with Crippen LogP contribution in [0.25, 0.3) is 43.3 Å². The van der Waals surface area contributed by atoms with Crippen molar-refractivity contribution in [3.8, 4) is 11.3 Å². The van der Waals surface area contributed by atoms with Crippen molar-refractivity contribution < 1.29 is 14.4 Å². The fourth-order valence-corrected chi connectivity index (χ4v) is 9.85. The second kappa shape index (κ2) is 14.8. The number of carbonyl (C=O) groups excluding carboxylic acids is 3. The molecule has 3 aromatic heterocycles. The fraction of sp³-hybridized carbons (Fsp3) is 0.372. The van der Waals surface area contributed by atoms with E-state index in [0.29, 0.717) is 13.0 Å².